The second-order valence-corrected chi connectivity index (χ2v) is 6.80. The third-order valence-corrected chi connectivity index (χ3v) is 4.78. The summed E-state index contributed by atoms with van der Waals surface area (Å²) in [5.74, 6) is 0. The first-order valence-electron chi connectivity index (χ1n) is 6.33. The zero-order valence-corrected chi connectivity index (χ0v) is 11.7. The summed E-state index contributed by atoms with van der Waals surface area (Å²) in [6.07, 6.45) is 2.88. The molecule has 1 aromatic carbocycles. The predicted molar refractivity (Wildman–Crippen MR) is 73.2 cm³/mol. The van der Waals surface area contributed by atoms with Crippen molar-refractivity contribution in [3.05, 3.63) is 24.3 Å². The molecule has 1 fully saturated rings. The van der Waals surface area contributed by atoms with Crippen molar-refractivity contribution in [2.24, 2.45) is 0 Å². The maximum absolute atomic E-state index is 12.1. The SMILES string of the molecule is CCCNc1ccc(S(=O)(=O)NC2(C)CC2)cc1. The third-order valence-electron chi connectivity index (χ3n) is 3.12. The number of sulfonamides is 1. The smallest absolute Gasteiger partial charge is 0.241 e. The zero-order chi connectivity index (χ0) is 13.2. The van der Waals surface area contributed by atoms with Crippen molar-refractivity contribution in [1.82, 2.24) is 4.72 Å². The van der Waals surface area contributed by atoms with Crippen LogP contribution in [0.15, 0.2) is 29.2 Å². The average Bonchev–Trinajstić information content (AvgIpc) is 3.03. The molecule has 0 amide bonds. The second kappa shape index (κ2) is 4.90. The number of anilines is 1. The molecule has 0 bridgehead atoms. The van der Waals surface area contributed by atoms with Gasteiger partial charge >= 0.3 is 0 Å². The molecule has 100 valence electrons. The van der Waals surface area contributed by atoms with Crippen molar-refractivity contribution in [2.45, 2.75) is 43.5 Å². The fourth-order valence-electron chi connectivity index (χ4n) is 1.69. The molecule has 0 heterocycles. The minimum absolute atomic E-state index is 0.224. The number of rotatable bonds is 6. The summed E-state index contributed by atoms with van der Waals surface area (Å²) in [6, 6.07) is 6.90. The summed E-state index contributed by atoms with van der Waals surface area (Å²) in [5.41, 5.74) is 0.728. The Balaban J connectivity index is 2.08. The highest BCUT2D eigenvalue weighted by Crippen LogP contribution is 2.35. The fraction of sp³-hybridized carbons (Fsp3) is 0.538. The van der Waals surface area contributed by atoms with E-state index in [0.29, 0.717) is 4.90 Å². The minimum Gasteiger partial charge on any atom is -0.385 e. The van der Waals surface area contributed by atoms with Crippen molar-refractivity contribution in [3.63, 3.8) is 0 Å². The van der Waals surface area contributed by atoms with E-state index < -0.39 is 10.0 Å². The Labute approximate surface area is 109 Å². The molecule has 0 radical (unpaired) electrons. The van der Waals surface area contributed by atoms with Crippen molar-refractivity contribution in [3.8, 4) is 0 Å². The molecule has 1 aliphatic rings. The van der Waals surface area contributed by atoms with Gasteiger partial charge in [0.1, 0.15) is 0 Å². The lowest BCUT2D eigenvalue weighted by Gasteiger charge is -2.12. The van der Waals surface area contributed by atoms with Gasteiger partial charge in [-0.3, -0.25) is 0 Å². The highest BCUT2D eigenvalue weighted by atomic mass is 32.2. The molecule has 1 saturated carbocycles. The van der Waals surface area contributed by atoms with Crippen molar-refractivity contribution >= 4 is 15.7 Å². The molecule has 5 heteroatoms. The van der Waals surface area contributed by atoms with Crippen LogP contribution in [0.5, 0.6) is 0 Å². The Bertz CT molecular complexity index is 504. The van der Waals surface area contributed by atoms with E-state index in [2.05, 4.69) is 17.0 Å². The van der Waals surface area contributed by atoms with Crippen LogP contribution in [0, 0.1) is 0 Å². The van der Waals surface area contributed by atoms with Crippen LogP contribution >= 0.6 is 0 Å². The van der Waals surface area contributed by atoms with Gasteiger partial charge in [-0.15, -0.1) is 0 Å². The van der Waals surface area contributed by atoms with Crippen LogP contribution in [0.3, 0.4) is 0 Å². The molecule has 1 aliphatic carbocycles. The quantitative estimate of drug-likeness (QED) is 0.832. The molecule has 0 aromatic heterocycles. The zero-order valence-electron chi connectivity index (χ0n) is 10.9. The Kier molecular flexibility index (Phi) is 3.64. The summed E-state index contributed by atoms with van der Waals surface area (Å²) >= 11 is 0. The van der Waals surface area contributed by atoms with E-state index in [4.69, 9.17) is 0 Å². The molecule has 0 aliphatic heterocycles. The lowest BCUT2D eigenvalue weighted by atomic mass is 10.3. The number of benzene rings is 1. The Morgan fingerprint density at radius 1 is 1.22 bits per heavy atom. The summed E-state index contributed by atoms with van der Waals surface area (Å²) in [6.45, 7) is 4.91. The van der Waals surface area contributed by atoms with Gasteiger partial charge in [-0.2, -0.15) is 0 Å². The summed E-state index contributed by atoms with van der Waals surface area (Å²) in [4.78, 5) is 0.331. The lowest BCUT2D eigenvalue weighted by Crippen LogP contribution is -2.34. The van der Waals surface area contributed by atoms with Crippen LogP contribution < -0.4 is 10.0 Å². The third kappa shape index (κ3) is 3.23. The molecule has 2 rings (SSSR count). The molecule has 18 heavy (non-hydrogen) atoms. The van der Waals surface area contributed by atoms with Crippen molar-refractivity contribution in [2.75, 3.05) is 11.9 Å². The number of hydrogen-bond acceptors (Lipinski definition) is 3. The van der Waals surface area contributed by atoms with Gasteiger partial charge in [0.15, 0.2) is 0 Å². The molecule has 0 atom stereocenters. The van der Waals surface area contributed by atoms with Gasteiger partial charge in [-0.25, -0.2) is 13.1 Å². The Hall–Kier alpha value is -1.07. The summed E-state index contributed by atoms with van der Waals surface area (Å²) < 4.78 is 26.9. The highest BCUT2D eigenvalue weighted by molar-refractivity contribution is 7.89. The first-order chi connectivity index (χ1) is 8.45. The minimum atomic E-state index is -3.37. The van der Waals surface area contributed by atoms with E-state index in [-0.39, 0.29) is 5.54 Å². The van der Waals surface area contributed by atoms with E-state index in [1.165, 1.54) is 0 Å². The molecule has 2 N–H and O–H groups in total. The van der Waals surface area contributed by atoms with Gasteiger partial charge in [0.25, 0.3) is 0 Å². The molecular weight excluding hydrogens is 248 g/mol. The fourth-order valence-corrected chi connectivity index (χ4v) is 3.16. The van der Waals surface area contributed by atoms with Crippen LogP contribution in [-0.2, 0) is 10.0 Å². The molecule has 0 saturated heterocycles. The summed E-state index contributed by atoms with van der Waals surface area (Å²) in [7, 11) is -3.37. The van der Waals surface area contributed by atoms with Gasteiger partial charge in [0.2, 0.25) is 10.0 Å². The number of nitrogens with one attached hydrogen (secondary N) is 2. The summed E-state index contributed by atoms with van der Waals surface area (Å²) in [5, 5.41) is 3.22. The van der Waals surface area contributed by atoms with Gasteiger partial charge < -0.3 is 5.32 Å². The van der Waals surface area contributed by atoms with E-state index in [1.807, 2.05) is 6.92 Å². The standard InChI is InChI=1S/C13H20N2O2S/c1-3-10-14-11-4-6-12(7-5-11)18(16,17)15-13(2)8-9-13/h4-7,14-15H,3,8-10H2,1-2H3. The molecule has 1 aromatic rings. The molecule has 0 spiro atoms. The highest BCUT2D eigenvalue weighted by Gasteiger charge is 2.41. The van der Waals surface area contributed by atoms with Gasteiger partial charge in [0, 0.05) is 17.8 Å². The monoisotopic (exact) mass is 268 g/mol. The normalized spacial score (nSPS) is 17.4. The topological polar surface area (TPSA) is 58.2 Å². The lowest BCUT2D eigenvalue weighted by molar-refractivity contribution is 0.558. The van der Waals surface area contributed by atoms with Crippen molar-refractivity contribution in [1.29, 1.82) is 0 Å². The van der Waals surface area contributed by atoms with Crippen LogP contribution in [0.1, 0.15) is 33.1 Å². The largest absolute Gasteiger partial charge is 0.385 e. The maximum Gasteiger partial charge on any atom is 0.241 e. The van der Waals surface area contributed by atoms with E-state index in [0.717, 1.165) is 31.5 Å². The van der Waals surface area contributed by atoms with Crippen molar-refractivity contribution < 1.29 is 8.42 Å². The van der Waals surface area contributed by atoms with E-state index in [9.17, 15) is 8.42 Å². The number of hydrogen-bond donors (Lipinski definition) is 2. The molecule has 0 unspecified atom stereocenters. The first kappa shape index (κ1) is 13.4. The van der Waals surface area contributed by atoms with Crippen LogP contribution in [0.25, 0.3) is 0 Å². The first-order valence-corrected chi connectivity index (χ1v) is 7.81. The van der Waals surface area contributed by atoms with Crippen LogP contribution in [0.4, 0.5) is 5.69 Å². The second-order valence-electron chi connectivity index (χ2n) is 5.12. The molecule has 4 nitrogen and oxygen atoms in total. The predicted octanol–water partition coefficient (Wildman–Crippen LogP) is 2.34. The van der Waals surface area contributed by atoms with Gasteiger partial charge in [0.05, 0.1) is 4.90 Å². The average molecular weight is 268 g/mol. The van der Waals surface area contributed by atoms with Crippen LogP contribution in [-0.4, -0.2) is 20.5 Å². The van der Waals surface area contributed by atoms with E-state index in [1.54, 1.807) is 24.3 Å². The van der Waals surface area contributed by atoms with Gasteiger partial charge in [-0.1, -0.05) is 6.92 Å². The van der Waals surface area contributed by atoms with Gasteiger partial charge in [-0.05, 0) is 50.5 Å². The maximum atomic E-state index is 12.1. The van der Waals surface area contributed by atoms with Crippen LogP contribution in [0.2, 0.25) is 0 Å². The Morgan fingerprint density at radius 2 is 1.83 bits per heavy atom. The Morgan fingerprint density at radius 3 is 2.33 bits per heavy atom. The molecular formula is C13H20N2O2S. The van der Waals surface area contributed by atoms with E-state index >= 15 is 0 Å².